The zero-order valence-corrected chi connectivity index (χ0v) is 13.3. The minimum Gasteiger partial charge on any atom is -0.397 e. The number of thiophene rings is 1. The SMILES string of the molecule is CC(C)C(=O)c1sc(N(C)CC2CCCOC2)cc1N. The van der Waals surface area contributed by atoms with Crippen LogP contribution in [0.25, 0.3) is 0 Å². The van der Waals surface area contributed by atoms with E-state index in [1.807, 2.05) is 19.9 Å². The van der Waals surface area contributed by atoms with Gasteiger partial charge in [-0.05, 0) is 24.8 Å². The molecule has 1 aromatic rings. The monoisotopic (exact) mass is 296 g/mol. The molecule has 1 saturated heterocycles. The van der Waals surface area contributed by atoms with E-state index in [9.17, 15) is 4.79 Å². The summed E-state index contributed by atoms with van der Waals surface area (Å²) in [5.41, 5.74) is 6.60. The van der Waals surface area contributed by atoms with Crippen molar-refractivity contribution < 1.29 is 9.53 Å². The number of nitrogen functional groups attached to an aromatic ring is 1. The van der Waals surface area contributed by atoms with E-state index >= 15 is 0 Å². The van der Waals surface area contributed by atoms with Crippen LogP contribution in [0.3, 0.4) is 0 Å². The van der Waals surface area contributed by atoms with Gasteiger partial charge in [-0.25, -0.2) is 0 Å². The van der Waals surface area contributed by atoms with Crippen LogP contribution in [-0.4, -0.2) is 32.6 Å². The largest absolute Gasteiger partial charge is 0.397 e. The summed E-state index contributed by atoms with van der Waals surface area (Å²) in [5.74, 6) is 0.690. The number of carbonyl (C=O) groups is 1. The van der Waals surface area contributed by atoms with E-state index in [1.54, 1.807) is 0 Å². The number of nitrogens with two attached hydrogens (primary N) is 1. The molecule has 0 aromatic carbocycles. The second-order valence-corrected chi connectivity index (χ2v) is 6.88. The number of hydrogen-bond acceptors (Lipinski definition) is 5. The molecule has 2 rings (SSSR count). The smallest absolute Gasteiger partial charge is 0.177 e. The Morgan fingerprint density at radius 3 is 2.95 bits per heavy atom. The van der Waals surface area contributed by atoms with Gasteiger partial charge >= 0.3 is 0 Å². The Balaban J connectivity index is 2.04. The minimum absolute atomic E-state index is 0.0131. The van der Waals surface area contributed by atoms with Gasteiger partial charge in [-0.2, -0.15) is 0 Å². The average Bonchev–Trinajstić information content (AvgIpc) is 2.81. The summed E-state index contributed by atoms with van der Waals surface area (Å²) >= 11 is 1.50. The van der Waals surface area contributed by atoms with E-state index in [2.05, 4.69) is 11.9 Å². The van der Waals surface area contributed by atoms with E-state index in [4.69, 9.17) is 10.5 Å². The normalized spacial score (nSPS) is 19.3. The van der Waals surface area contributed by atoms with Gasteiger partial charge in [0.05, 0.1) is 22.2 Å². The van der Waals surface area contributed by atoms with E-state index < -0.39 is 0 Å². The maximum Gasteiger partial charge on any atom is 0.177 e. The topological polar surface area (TPSA) is 55.6 Å². The predicted octanol–water partition coefficient (Wildman–Crippen LogP) is 3.03. The van der Waals surface area contributed by atoms with Gasteiger partial charge < -0.3 is 15.4 Å². The second-order valence-electron chi connectivity index (χ2n) is 5.85. The van der Waals surface area contributed by atoms with Crippen molar-refractivity contribution >= 4 is 27.8 Å². The van der Waals surface area contributed by atoms with Crippen LogP contribution in [0.2, 0.25) is 0 Å². The lowest BCUT2D eigenvalue weighted by Crippen LogP contribution is -2.30. The lowest BCUT2D eigenvalue weighted by Gasteiger charge is -2.27. The van der Waals surface area contributed by atoms with Crippen molar-refractivity contribution in [3.05, 3.63) is 10.9 Å². The van der Waals surface area contributed by atoms with Crippen molar-refractivity contribution in [2.45, 2.75) is 26.7 Å². The summed E-state index contributed by atoms with van der Waals surface area (Å²) in [6.07, 6.45) is 2.35. The molecule has 2 N–H and O–H groups in total. The van der Waals surface area contributed by atoms with Crippen molar-refractivity contribution in [1.82, 2.24) is 0 Å². The Kier molecular flexibility index (Phi) is 5.05. The minimum atomic E-state index is -0.0131. The van der Waals surface area contributed by atoms with Crippen molar-refractivity contribution in [2.75, 3.05) is 37.4 Å². The number of ether oxygens (including phenoxy) is 1. The third kappa shape index (κ3) is 3.52. The fourth-order valence-electron chi connectivity index (χ4n) is 2.46. The summed E-state index contributed by atoms with van der Waals surface area (Å²) in [6, 6.07) is 1.92. The lowest BCUT2D eigenvalue weighted by atomic mass is 10.0. The Labute approximate surface area is 124 Å². The number of rotatable bonds is 5. The molecule has 1 atom stereocenters. The molecule has 1 aliphatic heterocycles. The van der Waals surface area contributed by atoms with Crippen LogP contribution in [0.4, 0.5) is 10.7 Å². The quantitative estimate of drug-likeness (QED) is 0.849. The van der Waals surface area contributed by atoms with Crippen LogP contribution in [-0.2, 0) is 4.74 Å². The van der Waals surface area contributed by atoms with Crippen LogP contribution in [0.15, 0.2) is 6.07 Å². The highest BCUT2D eigenvalue weighted by Crippen LogP contribution is 2.34. The molecule has 0 bridgehead atoms. The highest BCUT2D eigenvalue weighted by molar-refractivity contribution is 7.18. The second kappa shape index (κ2) is 6.59. The molecule has 0 spiro atoms. The lowest BCUT2D eigenvalue weighted by molar-refractivity contribution is 0.0577. The van der Waals surface area contributed by atoms with Gasteiger partial charge in [-0.15, -0.1) is 11.3 Å². The van der Waals surface area contributed by atoms with E-state index in [-0.39, 0.29) is 11.7 Å². The number of Topliss-reactive ketones (excluding diaryl/α,β-unsaturated/α-hetero) is 1. The maximum absolute atomic E-state index is 12.1. The molecular weight excluding hydrogens is 272 g/mol. The summed E-state index contributed by atoms with van der Waals surface area (Å²) in [5, 5.41) is 1.07. The van der Waals surface area contributed by atoms with Crippen molar-refractivity contribution in [1.29, 1.82) is 0 Å². The number of carbonyl (C=O) groups excluding carboxylic acids is 1. The number of nitrogens with zero attached hydrogens (tertiary/aromatic N) is 1. The summed E-state index contributed by atoms with van der Waals surface area (Å²) < 4.78 is 5.52. The molecular formula is C15H24N2O2S. The van der Waals surface area contributed by atoms with Gasteiger partial charge in [0.15, 0.2) is 5.78 Å². The fraction of sp³-hybridized carbons (Fsp3) is 0.667. The van der Waals surface area contributed by atoms with E-state index in [1.165, 1.54) is 17.8 Å². The zero-order valence-electron chi connectivity index (χ0n) is 12.5. The van der Waals surface area contributed by atoms with Crippen LogP contribution in [0, 0.1) is 11.8 Å². The first kappa shape index (κ1) is 15.3. The molecule has 0 amide bonds. The molecule has 0 radical (unpaired) electrons. The standard InChI is InChI=1S/C15H24N2O2S/c1-10(2)14(18)15-12(16)7-13(20-15)17(3)8-11-5-4-6-19-9-11/h7,10-11H,4-6,8-9,16H2,1-3H3. The molecule has 1 fully saturated rings. The molecule has 1 aromatic heterocycles. The van der Waals surface area contributed by atoms with Crippen LogP contribution >= 0.6 is 11.3 Å². The van der Waals surface area contributed by atoms with Crippen molar-refractivity contribution in [2.24, 2.45) is 11.8 Å². The molecule has 1 unspecified atom stereocenters. The fourth-order valence-corrected chi connectivity index (χ4v) is 3.60. The van der Waals surface area contributed by atoms with Crippen LogP contribution in [0.5, 0.6) is 0 Å². The Bertz CT molecular complexity index is 464. The number of hydrogen-bond donors (Lipinski definition) is 1. The van der Waals surface area contributed by atoms with Gasteiger partial charge in [-0.3, -0.25) is 4.79 Å². The first-order chi connectivity index (χ1) is 9.49. The molecule has 2 heterocycles. The zero-order chi connectivity index (χ0) is 14.7. The summed E-state index contributed by atoms with van der Waals surface area (Å²) in [7, 11) is 2.06. The third-order valence-electron chi connectivity index (χ3n) is 3.66. The maximum atomic E-state index is 12.1. The first-order valence-corrected chi connectivity index (χ1v) is 8.03. The van der Waals surface area contributed by atoms with E-state index in [0.29, 0.717) is 16.5 Å². The van der Waals surface area contributed by atoms with Gasteiger partial charge in [0.25, 0.3) is 0 Å². The molecule has 0 saturated carbocycles. The van der Waals surface area contributed by atoms with E-state index in [0.717, 1.165) is 31.2 Å². The molecule has 0 aliphatic carbocycles. The average molecular weight is 296 g/mol. The summed E-state index contributed by atoms with van der Waals surface area (Å²) in [4.78, 5) is 15.0. The van der Waals surface area contributed by atoms with Gasteiger partial charge in [-0.1, -0.05) is 13.8 Å². The Hall–Kier alpha value is -1.07. The highest BCUT2D eigenvalue weighted by atomic mass is 32.1. The molecule has 5 heteroatoms. The third-order valence-corrected chi connectivity index (χ3v) is 4.94. The molecule has 4 nitrogen and oxygen atoms in total. The Morgan fingerprint density at radius 2 is 2.35 bits per heavy atom. The van der Waals surface area contributed by atoms with Crippen molar-refractivity contribution in [3.63, 3.8) is 0 Å². The van der Waals surface area contributed by atoms with Crippen LogP contribution < -0.4 is 10.6 Å². The summed E-state index contributed by atoms with van der Waals surface area (Å²) in [6.45, 7) is 6.49. The van der Waals surface area contributed by atoms with Gasteiger partial charge in [0.1, 0.15) is 0 Å². The Morgan fingerprint density at radius 1 is 1.60 bits per heavy atom. The van der Waals surface area contributed by atoms with Gasteiger partial charge in [0.2, 0.25) is 0 Å². The van der Waals surface area contributed by atoms with Crippen molar-refractivity contribution in [3.8, 4) is 0 Å². The molecule has 112 valence electrons. The molecule has 20 heavy (non-hydrogen) atoms. The highest BCUT2D eigenvalue weighted by Gasteiger charge is 2.21. The van der Waals surface area contributed by atoms with Gasteiger partial charge in [0, 0.05) is 26.1 Å². The first-order valence-electron chi connectivity index (χ1n) is 7.21. The number of anilines is 2. The van der Waals surface area contributed by atoms with Crippen LogP contribution in [0.1, 0.15) is 36.4 Å². The molecule has 1 aliphatic rings. The number of ketones is 1. The predicted molar refractivity (Wildman–Crippen MR) is 84.7 cm³/mol.